The highest BCUT2D eigenvalue weighted by Gasteiger charge is 2.22. The summed E-state index contributed by atoms with van der Waals surface area (Å²) in [6, 6.07) is 5.55. The second-order valence-electron chi connectivity index (χ2n) is 7.57. The van der Waals surface area contributed by atoms with Crippen LogP contribution in [0.4, 0.5) is 5.69 Å². The van der Waals surface area contributed by atoms with E-state index in [1.165, 1.54) is 0 Å². The molecule has 31 heavy (non-hydrogen) atoms. The van der Waals surface area contributed by atoms with Gasteiger partial charge in [-0.1, -0.05) is 11.8 Å². The average Bonchev–Trinajstić information content (AvgIpc) is 3.41. The van der Waals surface area contributed by atoms with Crippen LogP contribution < -0.4 is 5.32 Å². The fourth-order valence-corrected chi connectivity index (χ4v) is 5.47. The van der Waals surface area contributed by atoms with Crippen LogP contribution in [0.3, 0.4) is 0 Å². The van der Waals surface area contributed by atoms with Gasteiger partial charge in [0.1, 0.15) is 0 Å². The number of nitrogens with one attached hydrogen (secondary N) is 2. The summed E-state index contributed by atoms with van der Waals surface area (Å²) in [6.07, 6.45) is 5.67. The van der Waals surface area contributed by atoms with E-state index in [2.05, 4.69) is 15.3 Å². The lowest BCUT2D eigenvalue weighted by atomic mass is 10.1. The van der Waals surface area contributed by atoms with Crippen molar-refractivity contribution in [3.8, 4) is 0 Å². The van der Waals surface area contributed by atoms with E-state index in [1.807, 2.05) is 37.2 Å². The summed E-state index contributed by atoms with van der Waals surface area (Å²) in [7, 11) is 3.81. The summed E-state index contributed by atoms with van der Waals surface area (Å²) in [5, 5.41) is 3.05. The molecule has 1 amide bonds. The van der Waals surface area contributed by atoms with Crippen LogP contribution in [-0.4, -0.2) is 71.2 Å². The quantitative estimate of drug-likeness (QED) is 0.472. The third kappa shape index (κ3) is 6.05. The Bertz CT molecular complexity index is 986. The van der Waals surface area contributed by atoms with Gasteiger partial charge in [-0.15, -0.1) is 11.3 Å². The molecule has 0 saturated carbocycles. The predicted molar refractivity (Wildman–Crippen MR) is 124 cm³/mol. The number of rotatable bonds is 9. The molecule has 8 nitrogen and oxygen atoms in total. The van der Waals surface area contributed by atoms with Crippen molar-refractivity contribution < 1.29 is 14.3 Å². The molecule has 0 aliphatic carbocycles. The van der Waals surface area contributed by atoms with E-state index in [-0.39, 0.29) is 18.2 Å². The van der Waals surface area contributed by atoms with Gasteiger partial charge < -0.3 is 19.8 Å². The second-order valence-corrected chi connectivity index (χ2v) is 9.95. The van der Waals surface area contributed by atoms with Crippen molar-refractivity contribution in [2.75, 3.05) is 38.4 Å². The third-order valence-electron chi connectivity index (χ3n) is 5.01. The first-order chi connectivity index (χ1) is 15.1. The number of H-pyrrole nitrogens is 1. The summed E-state index contributed by atoms with van der Waals surface area (Å²) >= 11 is 3.35. The van der Waals surface area contributed by atoms with Gasteiger partial charge in [0.25, 0.3) is 0 Å². The van der Waals surface area contributed by atoms with Crippen LogP contribution in [0.15, 0.2) is 35.1 Å². The standard InChI is InChI=1S/C21H27N5O3S2/c1-26(2)17(10-15-12-22-13-23-15)20(27)24-14-4-5-16-18(11-14)31-21(25-16)30-9-6-19-28-7-3-8-29-19/h4-5,11-13,17,19H,3,6-10H2,1-2H3,(H,22,23)(H,24,27). The molecule has 1 unspecified atom stereocenters. The number of carbonyl (C=O) groups is 1. The molecule has 10 heteroatoms. The van der Waals surface area contributed by atoms with Gasteiger partial charge in [0.15, 0.2) is 10.6 Å². The van der Waals surface area contributed by atoms with Crippen LogP contribution in [0.1, 0.15) is 18.5 Å². The lowest BCUT2D eigenvalue weighted by Gasteiger charge is -2.22. The van der Waals surface area contributed by atoms with Gasteiger partial charge in [0.05, 0.1) is 35.8 Å². The maximum atomic E-state index is 12.9. The monoisotopic (exact) mass is 461 g/mol. The van der Waals surface area contributed by atoms with Crippen LogP contribution >= 0.6 is 23.1 Å². The Morgan fingerprint density at radius 1 is 1.39 bits per heavy atom. The van der Waals surface area contributed by atoms with Gasteiger partial charge in [-0.25, -0.2) is 9.97 Å². The van der Waals surface area contributed by atoms with Crippen molar-refractivity contribution in [3.63, 3.8) is 0 Å². The molecule has 0 bridgehead atoms. The second kappa shape index (κ2) is 10.6. The fraction of sp³-hybridized carbons (Fsp3) is 0.476. The zero-order valence-electron chi connectivity index (χ0n) is 17.7. The van der Waals surface area contributed by atoms with Gasteiger partial charge in [0, 0.05) is 36.2 Å². The van der Waals surface area contributed by atoms with Gasteiger partial charge in [-0.2, -0.15) is 0 Å². The minimum atomic E-state index is -0.298. The van der Waals surface area contributed by atoms with E-state index >= 15 is 0 Å². The van der Waals surface area contributed by atoms with Crippen molar-refractivity contribution in [2.24, 2.45) is 0 Å². The lowest BCUT2D eigenvalue weighted by Crippen LogP contribution is -2.41. The number of aromatic nitrogens is 3. The molecule has 1 saturated heterocycles. The molecular formula is C21H27N5O3S2. The minimum absolute atomic E-state index is 0.0504. The smallest absolute Gasteiger partial charge is 0.242 e. The highest BCUT2D eigenvalue weighted by Crippen LogP contribution is 2.32. The zero-order valence-corrected chi connectivity index (χ0v) is 19.3. The van der Waals surface area contributed by atoms with Crippen molar-refractivity contribution in [3.05, 3.63) is 36.4 Å². The van der Waals surface area contributed by atoms with E-state index in [4.69, 9.17) is 14.5 Å². The summed E-state index contributed by atoms with van der Waals surface area (Å²) in [5.74, 6) is 0.845. The Labute approximate surface area is 189 Å². The number of fused-ring (bicyclic) bond motifs is 1. The normalized spacial score (nSPS) is 16.1. The number of likely N-dealkylation sites (N-methyl/N-ethyl adjacent to an activating group) is 1. The maximum Gasteiger partial charge on any atom is 0.242 e. The Kier molecular flexibility index (Phi) is 7.57. The van der Waals surface area contributed by atoms with Crippen molar-refractivity contribution in [1.29, 1.82) is 0 Å². The Balaban J connectivity index is 1.36. The summed E-state index contributed by atoms with van der Waals surface area (Å²) in [5.41, 5.74) is 2.65. The number of aromatic amines is 1. The number of carbonyl (C=O) groups excluding carboxylic acids is 1. The fourth-order valence-electron chi connectivity index (χ4n) is 3.33. The van der Waals surface area contributed by atoms with E-state index in [1.54, 1.807) is 35.6 Å². The summed E-state index contributed by atoms with van der Waals surface area (Å²) < 4.78 is 13.3. The minimum Gasteiger partial charge on any atom is -0.353 e. The van der Waals surface area contributed by atoms with E-state index < -0.39 is 0 Å². The van der Waals surface area contributed by atoms with E-state index in [0.29, 0.717) is 6.42 Å². The molecule has 1 aliphatic heterocycles. The van der Waals surface area contributed by atoms with Crippen molar-refractivity contribution in [2.45, 2.75) is 35.9 Å². The molecule has 4 rings (SSSR count). The average molecular weight is 462 g/mol. The van der Waals surface area contributed by atoms with Gasteiger partial charge in [-0.3, -0.25) is 9.69 Å². The number of anilines is 1. The lowest BCUT2D eigenvalue weighted by molar-refractivity contribution is -0.178. The SMILES string of the molecule is CN(C)C(Cc1cnc[nH]1)C(=O)Nc1ccc2nc(SCCC3OCCCO3)sc2c1. The van der Waals surface area contributed by atoms with E-state index in [9.17, 15) is 4.79 Å². The number of ether oxygens (including phenoxy) is 2. The molecule has 2 aromatic heterocycles. The number of thioether (sulfide) groups is 1. The number of hydrogen-bond acceptors (Lipinski definition) is 8. The summed E-state index contributed by atoms with van der Waals surface area (Å²) in [4.78, 5) is 26.6. The first-order valence-electron chi connectivity index (χ1n) is 10.3. The highest BCUT2D eigenvalue weighted by molar-refractivity contribution is 8.01. The summed E-state index contributed by atoms with van der Waals surface area (Å²) in [6.45, 7) is 1.56. The van der Waals surface area contributed by atoms with Gasteiger partial charge in [-0.05, 0) is 38.7 Å². The molecule has 1 atom stereocenters. The molecule has 0 radical (unpaired) electrons. The largest absolute Gasteiger partial charge is 0.353 e. The topological polar surface area (TPSA) is 92.4 Å². The predicted octanol–water partition coefficient (Wildman–Crippen LogP) is 3.38. The first-order valence-corrected chi connectivity index (χ1v) is 12.1. The Hall–Kier alpha value is -1.98. The molecule has 1 aliphatic rings. The molecule has 1 aromatic carbocycles. The molecule has 166 valence electrons. The zero-order chi connectivity index (χ0) is 21.6. The van der Waals surface area contributed by atoms with Crippen LogP contribution in [0, 0.1) is 0 Å². The number of nitrogens with zero attached hydrogens (tertiary/aromatic N) is 3. The molecule has 1 fully saturated rings. The van der Waals surface area contributed by atoms with E-state index in [0.717, 1.165) is 57.7 Å². The third-order valence-corrected chi connectivity index (χ3v) is 7.20. The van der Waals surface area contributed by atoms with Crippen LogP contribution in [0.2, 0.25) is 0 Å². The first kappa shape index (κ1) is 22.2. The number of amides is 1. The molecular weight excluding hydrogens is 434 g/mol. The Morgan fingerprint density at radius 3 is 2.97 bits per heavy atom. The van der Waals surface area contributed by atoms with Crippen molar-refractivity contribution in [1.82, 2.24) is 19.9 Å². The maximum absolute atomic E-state index is 12.9. The van der Waals surface area contributed by atoms with Gasteiger partial charge >= 0.3 is 0 Å². The molecule has 0 spiro atoms. The molecule has 2 N–H and O–H groups in total. The highest BCUT2D eigenvalue weighted by atomic mass is 32.2. The van der Waals surface area contributed by atoms with Gasteiger partial charge in [0.2, 0.25) is 5.91 Å². The number of benzene rings is 1. The van der Waals surface area contributed by atoms with Crippen LogP contribution in [0.5, 0.6) is 0 Å². The molecule has 3 aromatic rings. The molecule has 3 heterocycles. The van der Waals surface area contributed by atoms with Crippen LogP contribution in [0.25, 0.3) is 10.2 Å². The Morgan fingerprint density at radius 2 is 2.23 bits per heavy atom. The number of hydrogen-bond donors (Lipinski definition) is 2. The number of thiazole rings is 1. The van der Waals surface area contributed by atoms with Crippen LogP contribution in [-0.2, 0) is 20.7 Å². The van der Waals surface area contributed by atoms with Crippen molar-refractivity contribution >= 4 is 44.9 Å². The number of imidazole rings is 1.